The lowest BCUT2D eigenvalue weighted by atomic mass is 10.2. The maximum Gasteiger partial charge on any atom is 0.166 e. The highest BCUT2D eigenvalue weighted by atomic mass is 16.1. The van der Waals surface area contributed by atoms with Crippen LogP contribution in [0.15, 0.2) is 61.1 Å². The number of hydrogen-bond acceptors (Lipinski definition) is 7. The quantitative estimate of drug-likeness (QED) is 0.395. The van der Waals surface area contributed by atoms with Gasteiger partial charge in [0.1, 0.15) is 18.2 Å². The van der Waals surface area contributed by atoms with Crippen molar-refractivity contribution in [2.45, 2.75) is 20.8 Å². The average Bonchev–Trinajstić information content (AvgIpc) is 3.43. The first-order valence-corrected chi connectivity index (χ1v) is 10.6. The Morgan fingerprint density at radius 2 is 1.85 bits per heavy atom. The van der Waals surface area contributed by atoms with Gasteiger partial charge in [0.2, 0.25) is 0 Å². The Morgan fingerprint density at radius 1 is 1.03 bits per heavy atom. The van der Waals surface area contributed by atoms with Crippen LogP contribution < -0.4 is 5.32 Å². The van der Waals surface area contributed by atoms with Gasteiger partial charge >= 0.3 is 0 Å². The number of anilines is 2. The third-order valence-electron chi connectivity index (χ3n) is 5.44. The molecule has 0 aliphatic rings. The van der Waals surface area contributed by atoms with Gasteiger partial charge in [-0.25, -0.2) is 14.6 Å². The van der Waals surface area contributed by atoms with Crippen LogP contribution in [0.3, 0.4) is 0 Å². The van der Waals surface area contributed by atoms with Crippen LogP contribution in [0.4, 0.5) is 11.4 Å². The van der Waals surface area contributed by atoms with Crippen LogP contribution in [0, 0.1) is 25.2 Å². The molecule has 1 N–H and O–H groups in total. The molecule has 0 saturated heterocycles. The Morgan fingerprint density at radius 3 is 2.56 bits per heavy atom. The molecule has 5 rings (SSSR count). The van der Waals surface area contributed by atoms with E-state index in [1.165, 1.54) is 11.6 Å². The number of nitrogens with zero attached hydrogens (tertiary/aromatic N) is 7. The summed E-state index contributed by atoms with van der Waals surface area (Å²) in [6, 6.07) is 17.0. The van der Waals surface area contributed by atoms with Crippen LogP contribution >= 0.6 is 0 Å². The van der Waals surface area contributed by atoms with E-state index in [9.17, 15) is 10.1 Å². The molecule has 0 atom stereocenters. The molecule has 0 fully saturated rings. The second-order valence-electron chi connectivity index (χ2n) is 7.92. The molecule has 4 heterocycles. The number of imidazole rings is 1. The number of hydrogen-bond donors (Lipinski definition) is 1. The second kappa shape index (κ2) is 8.26. The van der Waals surface area contributed by atoms with Gasteiger partial charge in [0.15, 0.2) is 17.3 Å². The van der Waals surface area contributed by atoms with Crippen molar-refractivity contribution in [2.24, 2.45) is 0 Å². The van der Waals surface area contributed by atoms with Crippen LogP contribution in [0.25, 0.3) is 22.7 Å². The maximum absolute atomic E-state index is 12.3. The molecule has 0 aliphatic carbocycles. The lowest BCUT2D eigenvalue weighted by Crippen LogP contribution is -2.11. The summed E-state index contributed by atoms with van der Waals surface area (Å²) >= 11 is 0. The molecule has 0 saturated carbocycles. The first kappa shape index (κ1) is 21.0. The minimum Gasteiger partial charge on any atom is -0.354 e. The Bertz CT molecular complexity index is 1590. The lowest BCUT2D eigenvalue weighted by molar-refractivity contribution is 0.101. The van der Waals surface area contributed by atoms with Gasteiger partial charge in [-0.05, 0) is 69.3 Å². The fourth-order valence-electron chi connectivity index (χ4n) is 3.73. The van der Waals surface area contributed by atoms with E-state index in [-0.39, 0.29) is 11.5 Å². The largest absolute Gasteiger partial charge is 0.354 e. The number of aromatic nitrogens is 6. The number of nitrogens with one attached hydrogen (secondary N) is 1. The van der Waals surface area contributed by atoms with E-state index in [0.717, 1.165) is 28.1 Å². The van der Waals surface area contributed by atoms with Gasteiger partial charge in [-0.2, -0.15) is 10.4 Å². The van der Waals surface area contributed by atoms with Crippen molar-refractivity contribution in [3.63, 3.8) is 0 Å². The highest BCUT2D eigenvalue weighted by Crippen LogP contribution is 2.25. The van der Waals surface area contributed by atoms with Gasteiger partial charge in [0.05, 0.1) is 28.5 Å². The van der Waals surface area contributed by atoms with Gasteiger partial charge < -0.3 is 5.32 Å². The molecular weight excluding hydrogens is 428 g/mol. The Hall–Kier alpha value is -4.84. The van der Waals surface area contributed by atoms with Crippen molar-refractivity contribution in [3.05, 3.63) is 83.7 Å². The number of carbonyl (C=O) groups is 1. The molecule has 5 aromatic rings. The summed E-state index contributed by atoms with van der Waals surface area (Å²) in [6.45, 7) is 5.24. The molecule has 9 heteroatoms. The van der Waals surface area contributed by atoms with E-state index in [4.69, 9.17) is 4.98 Å². The molecule has 0 radical (unpaired) electrons. The van der Waals surface area contributed by atoms with Gasteiger partial charge in [0.25, 0.3) is 0 Å². The van der Waals surface area contributed by atoms with Gasteiger partial charge in [-0.3, -0.25) is 14.3 Å². The number of aryl methyl sites for hydroxylation is 2. The zero-order valence-corrected chi connectivity index (χ0v) is 18.8. The van der Waals surface area contributed by atoms with Crippen molar-refractivity contribution < 1.29 is 4.79 Å². The van der Waals surface area contributed by atoms with Crippen LogP contribution in [0.2, 0.25) is 0 Å². The molecule has 0 spiro atoms. The third-order valence-corrected chi connectivity index (χ3v) is 5.44. The van der Waals surface area contributed by atoms with E-state index in [2.05, 4.69) is 20.4 Å². The molecule has 9 nitrogen and oxygen atoms in total. The molecule has 0 aliphatic heterocycles. The predicted octanol–water partition coefficient (Wildman–Crippen LogP) is 4.44. The monoisotopic (exact) mass is 448 g/mol. The summed E-state index contributed by atoms with van der Waals surface area (Å²) in [6.07, 6.45) is 3.48. The third kappa shape index (κ3) is 3.78. The molecule has 4 aromatic heterocycles. The molecule has 1 aromatic carbocycles. The molecule has 34 heavy (non-hydrogen) atoms. The van der Waals surface area contributed by atoms with Gasteiger partial charge in [-0.1, -0.05) is 0 Å². The smallest absolute Gasteiger partial charge is 0.166 e. The number of nitriles is 1. The summed E-state index contributed by atoms with van der Waals surface area (Å²) < 4.78 is 3.37. The summed E-state index contributed by atoms with van der Waals surface area (Å²) in [7, 11) is 0. The van der Waals surface area contributed by atoms with E-state index in [0.29, 0.717) is 22.9 Å². The summed E-state index contributed by atoms with van der Waals surface area (Å²) in [5, 5.41) is 16.8. The zero-order chi connectivity index (χ0) is 23.8. The highest BCUT2D eigenvalue weighted by Gasteiger charge is 2.17. The number of ketones is 1. The van der Waals surface area contributed by atoms with Crippen molar-refractivity contribution >= 4 is 28.2 Å². The second-order valence-corrected chi connectivity index (χ2v) is 7.92. The van der Waals surface area contributed by atoms with Crippen LogP contribution in [-0.4, -0.2) is 35.1 Å². The van der Waals surface area contributed by atoms with Gasteiger partial charge in [0, 0.05) is 17.1 Å². The van der Waals surface area contributed by atoms with E-state index >= 15 is 0 Å². The molecule has 0 unspecified atom stereocenters. The van der Waals surface area contributed by atoms with Crippen molar-refractivity contribution in [3.8, 4) is 17.7 Å². The Labute approximate surface area is 195 Å². The van der Waals surface area contributed by atoms with E-state index in [1.54, 1.807) is 30.7 Å². The topological polar surface area (TPSA) is 114 Å². The standard InChI is InChI=1S/C25H20N8O/c1-15-4-5-19(13-27-15)29-18-6-8-23-22(11-18)28-14-32(23)24-9-7-21(17(3)34)25(30-24)33-16(2)10-20(12-26)31-33/h4-11,13-14,29H,1-3H3. The number of fused-ring (bicyclic) bond motifs is 1. The maximum atomic E-state index is 12.3. The van der Waals surface area contributed by atoms with Crippen LogP contribution in [0.1, 0.15) is 34.4 Å². The Balaban J connectivity index is 1.55. The molecule has 0 bridgehead atoms. The zero-order valence-electron chi connectivity index (χ0n) is 18.8. The average molecular weight is 448 g/mol. The summed E-state index contributed by atoms with van der Waals surface area (Å²) in [5.74, 6) is 0.814. The number of pyridine rings is 2. The Kier molecular flexibility index (Phi) is 5.11. The van der Waals surface area contributed by atoms with Crippen molar-refractivity contribution in [2.75, 3.05) is 5.32 Å². The van der Waals surface area contributed by atoms with E-state index in [1.807, 2.05) is 54.8 Å². The fourth-order valence-corrected chi connectivity index (χ4v) is 3.73. The fraction of sp³-hybridized carbons (Fsp3) is 0.120. The summed E-state index contributed by atoms with van der Waals surface area (Å²) in [4.78, 5) is 25.8. The highest BCUT2D eigenvalue weighted by molar-refractivity contribution is 5.97. The predicted molar refractivity (Wildman–Crippen MR) is 128 cm³/mol. The minimum atomic E-state index is -0.140. The number of Topliss-reactive ketones (excluding diaryl/α,β-unsaturated/α-hetero) is 1. The first-order valence-electron chi connectivity index (χ1n) is 10.6. The van der Waals surface area contributed by atoms with Crippen molar-refractivity contribution in [1.29, 1.82) is 5.26 Å². The summed E-state index contributed by atoms with van der Waals surface area (Å²) in [5.41, 5.74) is 5.76. The SMILES string of the molecule is CC(=O)c1ccc(-n2cnc3cc(Nc4ccc(C)nc4)ccc32)nc1-n1nc(C#N)cc1C. The first-order chi connectivity index (χ1) is 16.4. The molecule has 0 amide bonds. The number of carbonyl (C=O) groups excluding carboxylic acids is 1. The van der Waals surface area contributed by atoms with E-state index < -0.39 is 0 Å². The van der Waals surface area contributed by atoms with Crippen LogP contribution in [-0.2, 0) is 0 Å². The van der Waals surface area contributed by atoms with Gasteiger partial charge in [-0.15, -0.1) is 0 Å². The minimum absolute atomic E-state index is 0.140. The van der Waals surface area contributed by atoms with Crippen molar-refractivity contribution in [1.82, 2.24) is 29.3 Å². The lowest BCUT2D eigenvalue weighted by Gasteiger charge is -2.12. The molecular formula is C25H20N8O. The molecule has 166 valence electrons. The normalized spacial score (nSPS) is 10.9. The number of benzene rings is 1. The number of rotatable bonds is 5. The van der Waals surface area contributed by atoms with Crippen LogP contribution in [0.5, 0.6) is 0 Å².